The van der Waals surface area contributed by atoms with Crippen LogP contribution in [0.25, 0.3) is 0 Å². The number of nitrogen functional groups attached to an aromatic ring is 1. The average molecular weight is 292 g/mol. The molecule has 2 rings (SSSR count). The van der Waals surface area contributed by atoms with E-state index in [1.165, 1.54) is 6.07 Å². The number of para-hydroxylation sites is 2. The predicted molar refractivity (Wildman–Crippen MR) is 70.1 cm³/mol. The first-order valence-electron chi connectivity index (χ1n) is 4.98. The highest BCUT2D eigenvalue weighted by molar-refractivity contribution is 9.10. The largest absolute Gasteiger partial charge is 0.507 e. The molecule has 17 heavy (non-hydrogen) atoms. The smallest absolute Gasteiger partial charge is 0.198 e. The molecular weight excluding hydrogens is 282 g/mol. The van der Waals surface area contributed by atoms with Crippen molar-refractivity contribution in [2.45, 2.75) is 0 Å². The first-order chi connectivity index (χ1) is 8.11. The first kappa shape index (κ1) is 11.7. The fourth-order valence-electron chi connectivity index (χ4n) is 1.55. The Bertz CT molecular complexity index is 581. The van der Waals surface area contributed by atoms with Gasteiger partial charge in [-0.2, -0.15) is 0 Å². The summed E-state index contributed by atoms with van der Waals surface area (Å²) >= 11 is 3.27. The van der Waals surface area contributed by atoms with Crippen molar-refractivity contribution in [2.24, 2.45) is 0 Å². The molecule has 2 aromatic rings. The van der Waals surface area contributed by atoms with Crippen LogP contribution in [0.5, 0.6) is 5.75 Å². The highest BCUT2D eigenvalue weighted by atomic mass is 79.9. The van der Waals surface area contributed by atoms with Gasteiger partial charge >= 0.3 is 0 Å². The highest BCUT2D eigenvalue weighted by Gasteiger charge is 2.16. The number of benzene rings is 2. The molecule has 0 aliphatic carbocycles. The Kier molecular flexibility index (Phi) is 3.15. The van der Waals surface area contributed by atoms with E-state index < -0.39 is 0 Å². The molecule has 0 heterocycles. The van der Waals surface area contributed by atoms with Gasteiger partial charge in [0.2, 0.25) is 0 Å². The summed E-state index contributed by atoms with van der Waals surface area (Å²) in [5.74, 6) is -0.334. The second-order valence-corrected chi connectivity index (χ2v) is 4.40. The average Bonchev–Trinajstić information content (AvgIpc) is 2.32. The lowest BCUT2D eigenvalue weighted by atomic mass is 10.0. The Balaban J connectivity index is 2.52. The van der Waals surface area contributed by atoms with Crippen molar-refractivity contribution >= 4 is 27.4 Å². The summed E-state index contributed by atoms with van der Waals surface area (Å²) in [5.41, 5.74) is 6.82. The van der Waals surface area contributed by atoms with Crippen molar-refractivity contribution in [1.82, 2.24) is 0 Å². The van der Waals surface area contributed by atoms with Crippen LogP contribution in [-0.4, -0.2) is 10.9 Å². The normalized spacial score (nSPS) is 10.2. The van der Waals surface area contributed by atoms with Crippen molar-refractivity contribution < 1.29 is 9.90 Å². The number of hydrogen-bond acceptors (Lipinski definition) is 3. The third kappa shape index (κ3) is 2.17. The number of rotatable bonds is 2. The number of nitrogens with two attached hydrogens (primary N) is 1. The predicted octanol–water partition coefficient (Wildman–Crippen LogP) is 2.97. The summed E-state index contributed by atoms with van der Waals surface area (Å²) in [6, 6.07) is 11.5. The second kappa shape index (κ2) is 4.59. The van der Waals surface area contributed by atoms with Crippen LogP contribution in [0.3, 0.4) is 0 Å². The van der Waals surface area contributed by atoms with Crippen LogP contribution in [0.4, 0.5) is 5.69 Å². The molecule has 0 bridgehead atoms. The third-order valence-electron chi connectivity index (χ3n) is 2.45. The quantitative estimate of drug-likeness (QED) is 0.660. The van der Waals surface area contributed by atoms with E-state index in [-0.39, 0.29) is 17.1 Å². The molecule has 0 aromatic heterocycles. The summed E-state index contributed by atoms with van der Waals surface area (Å²) < 4.78 is 0.666. The zero-order chi connectivity index (χ0) is 12.4. The van der Waals surface area contributed by atoms with Gasteiger partial charge in [-0.15, -0.1) is 0 Å². The van der Waals surface area contributed by atoms with Crippen molar-refractivity contribution in [3.05, 3.63) is 58.1 Å². The Labute approximate surface area is 107 Å². The zero-order valence-electron chi connectivity index (χ0n) is 8.85. The molecule has 2 aromatic carbocycles. The fourth-order valence-corrected chi connectivity index (χ4v) is 1.91. The molecule has 0 fully saturated rings. The minimum Gasteiger partial charge on any atom is -0.507 e. The Morgan fingerprint density at radius 1 is 1.06 bits per heavy atom. The van der Waals surface area contributed by atoms with E-state index in [2.05, 4.69) is 15.9 Å². The molecular formula is C13H10BrNO2. The summed E-state index contributed by atoms with van der Waals surface area (Å²) in [4.78, 5) is 12.2. The molecule has 4 heteroatoms. The van der Waals surface area contributed by atoms with Crippen LogP contribution < -0.4 is 5.73 Å². The second-order valence-electron chi connectivity index (χ2n) is 3.55. The molecule has 0 unspecified atom stereocenters. The fraction of sp³-hybridized carbons (Fsp3) is 0. The minimum atomic E-state index is -0.290. The highest BCUT2D eigenvalue weighted by Crippen LogP contribution is 2.27. The Morgan fingerprint density at radius 3 is 2.41 bits per heavy atom. The van der Waals surface area contributed by atoms with Crippen LogP contribution in [0.15, 0.2) is 46.9 Å². The van der Waals surface area contributed by atoms with Crippen molar-refractivity contribution in [3.8, 4) is 5.75 Å². The molecule has 3 nitrogen and oxygen atoms in total. The molecule has 0 amide bonds. The number of phenolic OH excluding ortho intramolecular Hbond substituents is 1. The Morgan fingerprint density at radius 2 is 1.71 bits per heavy atom. The van der Waals surface area contributed by atoms with E-state index in [1.54, 1.807) is 36.4 Å². The molecule has 0 spiro atoms. The van der Waals surface area contributed by atoms with Gasteiger partial charge in [-0.1, -0.05) is 18.2 Å². The summed E-state index contributed by atoms with van der Waals surface area (Å²) in [6.45, 7) is 0. The molecule has 3 N–H and O–H groups in total. The number of halogens is 1. The number of phenols is 1. The van der Waals surface area contributed by atoms with E-state index in [4.69, 9.17) is 5.73 Å². The van der Waals surface area contributed by atoms with Crippen LogP contribution >= 0.6 is 15.9 Å². The van der Waals surface area contributed by atoms with Crippen LogP contribution in [0, 0.1) is 0 Å². The standard InChI is InChI=1S/C13H10BrNO2/c14-10-6-3-5-9(12(10)15)13(17)8-4-1-2-7-11(8)16/h1-7,16H,15H2. The SMILES string of the molecule is Nc1c(Br)cccc1C(=O)c1ccccc1O. The topological polar surface area (TPSA) is 63.3 Å². The molecule has 86 valence electrons. The maximum atomic E-state index is 12.2. The number of anilines is 1. The van der Waals surface area contributed by atoms with E-state index in [0.717, 1.165) is 0 Å². The van der Waals surface area contributed by atoms with Gasteiger partial charge in [0.05, 0.1) is 11.3 Å². The van der Waals surface area contributed by atoms with E-state index in [1.807, 2.05) is 0 Å². The zero-order valence-corrected chi connectivity index (χ0v) is 10.4. The van der Waals surface area contributed by atoms with E-state index >= 15 is 0 Å². The minimum absolute atomic E-state index is 0.0446. The van der Waals surface area contributed by atoms with Gasteiger partial charge < -0.3 is 10.8 Å². The molecule has 0 saturated carbocycles. The summed E-state index contributed by atoms with van der Waals surface area (Å²) in [6.07, 6.45) is 0. The van der Waals surface area contributed by atoms with Gasteiger partial charge in [-0.05, 0) is 40.2 Å². The number of carbonyl (C=O) groups is 1. The maximum absolute atomic E-state index is 12.2. The van der Waals surface area contributed by atoms with Crippen molar-refractivity contribution in [3.63, 3.8) is 0 Å². The lowest BCUT2D eigenvalue weighted by Crippen LogP contribution is -2.05. The molecule has 0 aliphatic heterocycles. The number of aromatic hydroxyl groups is 1. The number of hydrogen-bond donors (Lipinski definition) is 2. The molecule has 0 radical (unpaired) electrons. The lowest BCUT2D eigenvalue weighted by molar-refractivity contribution is 0.103. The van der Waals surface area contributed by atoms with Crippen LogP contribution in [-0.2, 0) is 0 Å². The van der Waals surface area contributed by atoms with Crippen LogP contribution in [0.1, 0.15) is 15.9 Å². The monoisotopic (exact) mass is 291 g/mol. The first-order valence-corrected chi connectivity index (χ1v) is 5.77. The van der Waals surface area contributed by atoms with Gasteiger partial charge in [-0.3, -0.25) is 4.79 Å². The number of ketones is 1. The Hall–Kier alpha value is -1.81. The van der Waals surface area contributed by atoms with E-state index in [0.29, 0.717) is 15.7 Å². The van der Waals surface area contributed by atoms with Gasteiger partial charge in [0.1, 0.15) is 5.75 Å². The van der Waals surface area contributed by atoms with Crippen molar-refractivity contribution in [1.29, 1.82) is 0 Å². The van der Waals surface area contributed by atoms with Gasteiger partial charge in [-0.25, -0.2) is 0 Å². The van der Waals surface area contributed by atoms with Gasteiger partial charge in [0.25, 0.3) is 0 Å². The molecule has 0 atom stereocenters. The van der Waals surface area contributed by atoms with Crippen LogP contribution in [0.2, 0.25) is 0 Å². The van der Waals surface area contributed by atoms with Crippen molar-refractivity contribution in [2.75, 3.05) is 5.73 Å². The van der Waals surface area contributed by atoms with E-state index in [9.17, 15) is 9.90 Å². The third-order valence-corrected chi connectivity index (χ3v) is 3.14. The van der Waals surface area contributed by atoms with Gasteiger partial charge in [0, 0.05) is 10.0 Å². The van der Waals surface area contributed by atoms with Gasteiger partial charge in [0.15, 0.2) is 5.78 Å². The summed E-state index contributed by atoms with van der Waals surface area (Å²) in [7, 11) is 0. The molecule has 0 saturated heterocycles. The lowest BCUT2D eigenvalue weighted by Gasteiger charge is -2.07. The number of carbonyl (C=O) groups excluding carboxylic acids is 1. The summed E-state index contributed by atoms with van der Waals surface area (Å²) in [5, 5.41) is 9.63. The molecule has 0 aliphatic rings. The maximum Gasteiger partial charge on any atom is 0.198 e.